The summed E-state index contributed by atoms with van der Waals surface area (Å²) in [5.74, 6) is -0.429. The van der Waals surface area contributed by atoms with Gasteiger partial charge in [0, 0.05) is 32.7 Å². The summed E-state index contributed by atoms with van der Waals surface area (Å²) in [6, 6.07) is 3.61. The Morgan fingerprint density at radius 2 is 1.91 bits per heavy atom. The van der Waals surface area contributed by atoms with E-state index in [2.05, 4.69) is 5.32 Å². The van der Waals surface area contributed by atoms with Crippen molar-refractivity contribution in [1.29, 1.82) is 0 Å². The first-order valence-corrected chi connectivity index (χ1v) is 9.09. The maximum atomic E-state index is 13.3. The lowest BCUT2D eigenvalue weighted by Crippen LogP contribution is -2.53. The fraction of sp³-hybridized carbons (Fsp3) is 0.533. The second kappa shape index (κ2) is 7.27. The first kappa shape index (κ1) is 17.7. The molecule has 1 aliphatic heterocycles. The number of rotatable bonds is 4. The van der Waals surface area contributed by atoms with E-state index in [0.29, 0.717) is 25.2 Å². The monoisotopic (exact) mass is 343 g/mol. The molecule has 0 atom stereocenters. The summed E-state index contributed by atoms with van der Waals surface area (Å²) in [6.45, 7) is 5.26. The van der Waals surface area contributed by atoms with Gasteiger partial charge in [-0.25, -0.2) is 17.6 Å². The molecule has 0 aliphatic carbocycles. The molecule has 0 spiro atoms. The van der Waals surface area contributed by atoms with Gasteiger partial charge in [-0.3, -0.25) is 0 Å². The molecule has 0 aromatic heterocycles. The van der Waals surface area contributed by atoms with E-state index >= 15 is 0 Å². The molecular formula is C15H22FN3O3S. The van der Waals surface area contributed by atoms with Gasteiger partial charge < -0.3 is 10.2 Å². The van der Waals surface area contributed by atoms with Crippen LogP contribution in [0.1, 0.15) is 18.9 Å². The van der Waals surface area contributed by atoms with Crippen LogP contribution in [0.5, 0.6) is 0 Å². The largest absolute Gasteiger partial charge is 0.338 e. The molecule has 0 radical (unpaired) electrons. The van der Waals surface area contributed by atoms with Gasteiger partial charge in [0.15, 0.2) is 0 Å². The number of hydrogen-bond acceptors (Lipinski definition) is 3. The van der Waals surface area contributed by atoms with Crippen LogP contribution in [0.25, 0.3) is 0 Å². The van der Waals surface area contributed by atoms with Crippen LogP contribution in [0.4, 0.5) is 9.18 Å². The predicted molar refractivity (Wildman–Crippen MR) is 85.2 cm³/mol. The van der Waals surface area contributed by atoms with Gasteiger partial charge in [-0.05, 0) is 37.1 Å². The van der Waals surface area contributed by atoms with Crippen molar-refractivity contribution in [2.45, 2.75) is 25.2 Å². The highest BCUT2D eigenvalue weighted by Crippen LogP contribution is 2.20. The summed E-state index contributed by atoms with van der Waals surface area (Å²) in [7, 11) is -3.66. The van der Waals surface area contributed by atoms with Crippen molar-refractivity contribution in [1.82, 2.24) is 14.5 Å². The Morgan fingerprint density at radius 3 is 2.48 bits per heavy atom. The van der Waals surface area contributed by atoms with Gasteiger partial charge >= 0.3 is 6.03 Å². The molecule has 23 heavy (non-hydrogen) atoms. The number of urea groups is 1. The molecule has 6 nitrogen and oxygen atoms in total. The fourth-order valence-electron chi connectivity index (χ4n) is 2.40. The lowest BCUT2D eigenvalue weighted by Gasteiger charge is -2.34. The third-order valence-corrected chi connectivity index (χ3v) is 5.71. The average molecular weight is 343 g/mol. The molecule has 2 amide bonds. The fourth-order valence-corrected chi connectivity index (χ4v) is 3.91. The number of carbonyl (C=O) groups is 1. The van der Waals surface area contributed by atoms with Crippen molar-refractivity contribution >= 4 is 16.1 Å². The van der Waals surface area contributed by atoms with E-state index in [0.717, 1.165) is 12.5 Å². The van der Waals surface area contributed by atoms with Crippen molar-refractivity contribution in [3.63, 3.8) is 0 Å². The molecule has 128 valence electrons. The zero-order chi connectivity index (χ0) is 17.0. The van der Waals surface area contributed by atoms with Gasteiger partial charge in [0.1, 0.15) is 5.82 Å². The number of nitrogens with one attached hydrogen (secondary N) is 1. The number of aryl methyl sites for hydroxylation is 1. The van der Waals surface area contributed by atoms with Crippen molar-refractivity contribution in [3.8, 4) is 0 Å². The highest BCUT2D eigenvalue weighted by Gasteiger charge is 2.30. The van der Waals surface area contributed by atoms with Crippen molar-refractivity contribution in [2.75, 3.05) is 32.7 Å². The molecule has 0 saturated carbocycles. The minimum absolute atomic E-state index is 0.0836. The number of sulfonamides is 1. The standard InChI is InChI=1S/C15H22FN3O3S/c1-3-6-17-15(20)18-7-9-19(10-8-18)23(21,22)13-4-5-14(16)12(2)11-13/h4-5,11H,3,6-10H2,1-2H3,(H,17,20). The molecule has 2 rings (SSSR count). The molecule has 1 aromatic carbocycles. The number of piperazine rings is 1. The lowest BCUT2D eigenvalue weighted by atomic mass is 10.2. The number of amides is 2. The van der Waals surface area contributed by atoms with E-state index in [9.17, 15) is 17.6 Å². The van der Waals surface area contributed by atoms with E-state index < -0.39 is 15.8 Å². The maximum absolute atomic E-state index is 13.3. The normalized spacial score (nSPS) is 16.4. The number of nitrogens with zero attached hydrogens (tertiary/aromatic N) is 2. The number of halogens is 1. The summed E-state index contributed by atoms with van der Waals surface area (Å²) in [5.41, 5.74) is 0.295. The first-order valence-electron chi connectivity index (χ1n) is 7.65. The van der Waals surface area contributed by atoms with Gasteiger partial charge in [-0.2, -0.15) is 4.31 Å². The Balaban J connectivity index is 2.03. The second-order valence-corrected chi connectivity index (χ2v) is 7.47. The topological polar surface area (TPSA) is 69.7 Å². The number of benzene rings is 1. The third-order valence-electron chi connectivity index (χ3n) is 3.82. The van der Waals surface area contributed by atoms with E-state index in [-0.39, 0.29) is 24.0 Å². The second-order valence-electron chi connectivity index (χ2n) is 5.53. The molecule has 1 N–H and O–H groups in total. The van der Waals surface area contributed by atoms with E-state index in [1.54, 1.807) is 4.90 Å². The molecule has 1 aliphatic rings. The van der Waals surface area contributed by atoms with Crippen molar-refractivity contribution < 1.29 is 17.6 Å². The summed E-state index contributed by atoms with van der Waals surface area (Å²) in [6.07, 6.45) is 0.851. The van der Waals surface area contributed by atoms with Crippen LogP contribution in [0.3, 0.4) is 0 Å². The quantitative estimate of drug-likeness (QED) is 0.902. The highest BCUT2D eigenvalue weighted by atomic mass is 32.2. The van der Waals surface area contributed by atoms with Crippen LogP contribution in [0.2, 0.25) is 0 Å². The SMILES string of the molecule is CCCNC(=O)N1CCN(S(=O)(=O)c2ccc(F)c(C)c2)CC1. The van der Waals surface area contributed by atoms with Crippen LogP contribution in [-0.4, -0.2) is 56.4 Å². The third kappa shape index (κ3) is 4.00. The van der Waals surface area contributed by atoms with E-state index in [1.807, 2.05) is 6.92 Å². The van der Waals surface area contributed by atoms with Gasteiger partial charge in [0.25, 0.3) is 0 Å². The molecule has 8 heteroatoms. The Hall–Kier alpha value is -1.67. The van der Waals surface area contributed by atoms with Crippen LogP contribution in [-0.2, 0) is 10.0 Å². The number of hydrogen-bond donors (Lipinski definition) is 1. The van der Waals surface area contributed by atoms with Gasteiger partial charge in [-0.15, -0.1) is 0 Å². The van der Waals surface area contributed by atoms with E-state index in [1.165, 1.54) is 23.4 Å². The molecular weight excluding hydrogens is 321 g/mol. The smallest absolute Gasteiger partial charge is 0.317 e. The molecule has 0 bridgehead atoms. The predicted octanol–water partition coefficient (Wildman–Crippen LogP) is 1.56. The van der Waals surface area contributed by atoms with Gasteiger partial charge in [-0.1, -0.05) is 6.92 Å². The molecule has 1 aromatic rings. The summed E-state index contributed by atoms with van der Waals surface area (Å²) < 4.78 is 39.8. The molecule has 1 heterocycles. The highest BCUT2D eigenvalue weighted by molar-refractivity contribution is 7.89. The minimum Gasteiger partial charge on any atom is -0.338 e. The lowest BCUT2D eigenvalue weighted by molar-refractivity contribution is 0.172. The Labute approximate surface area is 136 Å². The molecule has 1 fully saturated rings. The van der Waals surface area contributed by atoms with E-state index in [4.69, 9.17) is 0 Å². The summed E-state index contributed by atoms with van der Waals surface area (Å²) in [5, 5.41) is 2.78. The van der Waals surface area contributed by atoms with Crippen LogP contribution >= 0.6 is 0 Å². The summed E-state index contributed by atoms with van der Waals surface area (Å²) >= 11 is 0. The molecule has 1 saturated heterocycles. The summed E-state index contributed by atoms with van der Waals surface area (Å²) in [4.78, 5) is 13.6. The Kier molecular flexibility index (Phi) is 5.59. The first-order chi connectivity index (χ1) is 10.9. The zero-order valence-corrected chi connectivity index (χ0v) is 14.2. The van der Waals surface area contributed by atoms with Crippen LogP contribution in [0, 0.1) is 12.7 Å². The average Bonchev–Trinajstić information content (AvgIpc) is 2.55. The van der Waals surface area contributed by atoms with Crippen LogP contribution in [0.15, 0.2) is 23.1 Å². The Morgan fingerprint density at radius 1 is 1.26 bits per heavy atom. The van der Waals surface area contributed by atoms with Gasteiger partial charge in [0.05, 0.1) is 4.90 Å². The minimum atomic E-state index is -3.66. The number of carbonyl (C=O) groups excluding carboxylic acids is 1. The van der Waals surface area contributed by atoms with Crippen molar-refractivity contribution in [2.24, 2.45) is 0 Å². The van der Waals surface area contributed by atoms with Crippen LogP contribution < -0.4 is 5.32 Å². The van der Waals surface area contributed by atoms with Crippen molar-refractivity contribution in [3.05, 3.63) is 29.6 Å². The zero-order valence-electron chi connectivity index (χ0n) is 13.4. The van der Waals surface area contributed by atoms with Gasteiger partial charge in [0.2, 0.25) is 10.0 Å². The Bertz CT molecular complexity index is 671. The maximum Gasteiger partial charge on any atom is 0.317 e. The molecule has 0 unspecified atom stereocenters.